The number of carboxylic acids is 1. The number of nitrogens with zero attached hydrogens (tertiary/aromatic N) is 2. The van der Waals surface area contributed by atoms with Gasteiger partial charge in [-0.2, -0.15) is 0 Å². The zero-order chi connectivity index (χ0) is 15.4. The molecule has 2 N–H and O–H groups in total. The van der Waals surface area contributed by atoms with Gasteiger partial charge in [-0.15, -0.1) is 0 Å². The van der Waals surface area contributed by atoms with E-state index in [1.54, 1.807) is 25.1 Å². The zero-order valence-corrected chi connectivity index (χ0v) is 11.4. The molecule has 0 aromatic carbocycles. The molecule has 2 heterocycles. The Morgan fingerprint density at radius 2 is 2.19 bits per heavy atom. The van der Waals surface area contributed by atoms with E-state index in [9.17, 15) is 14.4 Å². The number of aromatic nitrogens is 2. The highest BCUT2D eigenvalue weighted by atomic mass is 16.4. The summed E-state index contributed by atoms with van der Waals surface area (Å²) in [7, 11) is 0. The number of carbonyl (C=O) groups excluding carboxylic acids is 1. The minimum atomic E-state index is -1.00. The number of hydrogen-bond acceptors (Lipinski definition) is 4. The summed E-state index contributed by atoms with van der Waals surface area (Å²) in [5.74, 6) is -1.62. The Morgan fingerprint density at radius 3 is 2.86 bits per heavy atom. The Hall–Kier alpha value is -2.70. The molecule has 0 bridgehead atoms. The number of nitrogens with one attached hydrogen (secondary N) is 1. The maximum absolute atomic E-state index is 12.2. The normalized spacial score (nSPS) is 12.0. The van der Waals surface area contributed by atoms with Crippen LogP contribution in [0.25, 0.3) is 5.65 Å². The van der Waals surface area contributed by atoms with Gasteiger partial charge in [0.2, 0.25) is 0 Å². The quantitative estimate of drug-likeness (QED) is 0.843. The molecule has 0 aliphatic carbocycles. The van der Waals surface area contributed by atoms with E-state index in [0.29, 0.717) is 12.1 Å². The third kappa shape index (κ3) is 3.25. The van der Waals surface area contributed by atoms with Gasteiger partial charge in [0.1, 0.15) is 11.2 Å². The van der Waals surface area contributed by atoms with Crippen molar-refractivity contribution in [3.8, 4) is 0 Å². The van der Waals surface area contributed by atoms with Gasteiger partial charge in [0.05, 0.1) is 6.42 Å². The molecule has 2 rings (SSSR count). The Bertz CT molecular complexity index is 738. The molecule has 0 aliphatic rings. The molecule has 0 fully saturated rings. The predicted octanol–water partition coefficient (Wildman–Crippen LogP) is 0.678. The molecule has 7 nitrogen and oxygen atoms in total. The van der Waals surface area contributed by atoms with Gasteiger partial charge in [-0.1, -0.05) is 13.0 Å². The molecular formula is C14H15N3O4. The number of carboxylic acid groups (broad SMARTS) is 1. The number of carbonyl (C=O) groups is 2. The fourth-order valence-corrected chi connectivity index (χ4v) is 1.95. The lowest BCUT2D eigenvalue weighted by Crippen LogP contribution is -2.39. The van der Waals surface area contributed by atoms with E-state index < -0.39 is 23.5 Å². The molecule has 7 heteroatoms. The summed E-state index contributed by atoms with van der Waals surface area (Å²) in [5, 5.41) is 11.3. The molecule has 0 aliphatic heterocycles. The highest BCUT2D eigenvalue weighted by Gasteiger charge is 2.18. The topological polar surface area (TPSA) is 101 Å². The van der Waals surface area contributed by atoms with Crippen molar-refractivity contribution in [1.29, 1.82) is 0 Å². The molecular weight excluding hydrogens is 274 g/mol. The van der Waals surface area contributed by atoms with Gasteiger partial charge in [-0.3, -0.25) is 18.8 Å². The van der Waals surface area contributed by atoms with Crippen molar-refractivity contribution in [2.45, 2.75) is 25.8 Å². The van der Waals surface area contributed by atoms with E-state index in [4.69, 9.17) is 5.11 Å². The number of aliphatic carboxylic acids is 1. The predicted molar refractivity (Wildman–Crippen MR) is 75.3 cm³/mol. The molecule has 0 saturated heterocycles. The van der Waals surface area contributed by atoms with Crippen molar-refractivity contribution in [1.82, 2.24) is 14.7 Å². The van der Waals surface area contributed by atoms with Crippen LogP contribution in [0.1, 0.15) is 30.1 Å². The van der Waals surface area contributed by atoms with E-state index in [2.05, 4.69) is 10.3 Å². The fourth-order valence-electron chi connectivity index (χ4n) is 1.95. The zero-order valence-electron chi connectivity index (χ0n) is 11.4. The number of hydrogen-bond donors (Lipinski definition) is 2. The lowest BCUT2D eigenvalue weighted by molar-refractivity contribution is -0.137. The molecule has 1 atom stereocenters. The monoisotopic (exact) mass is 289 g/mol. The van der Waals surface area contributed by atoms with Crippen LogP contribution in [-0.4, -0.2) is 32.4 Å². The van der Waals surface area contributed by atoms with Crippen LogP contribution in [0.3, 0.4) is 0 Å². The first-order chi connectivity index (χ1) is 10.0. The summed E-state index contributed by atoms with van der Waals surface area (Å²) in [5.41, 5.74) is -0.151. The second kappa shape index (κ2) is 6.17. The molecule has 1 amide bonds. The van der Waals surface area contributed by atoms with Gasteiger partial charge in [0.25, 0.3) is 11.5 Å². The molecule has 110 valence electrons. The van der Waals surface area contributed by atoms with Crippen LogP contribution in [0, 0.1) is 0 Å². The minimum absolute atomic E-state index is 0.109. The number of amides is 1. The van der Waals surface area contributed by atoms with Gasteiger partial charge >= 0.3 is 5.97 Å². The van der Waals surface area contributed by atoms with Crippen molar-refractivity contribution >= 4 is 17.5 Å². The maximum atomic E-state index is 12.2. The van der Waals surface area contributed by atoms with Crippen LogP contribution >= 0.6 is 0 Å². The molecule has 21 heavy (non-hydrogen) atoms. The average molecular weight is 289 g/mol. The first-order valence-electron chi connectivity index (χ1n) is 6.52. The second-order valence-electron chi connectivity index (χ2n) is 4.58. The lowest BCUT2D eigenvalue weighted by atomic mass is 10.1. The Morgan fingerprint density at radius 1 is 1.43 bits per heavy atom. The third-order valence-corrected chi connectivity index (χ3v) is 3.11. The van der Waals surface area contributed by atoms with Crippen molar-refractivity contribution in [3.05, 3.63) is 46.5 Å². The van der Waals surface area contributed by atoms with Crippen LogP contribution in [0.5, 0.6) is 0 Å². The summed E-state index contributed by atoms with van der Waals surface area (Å²) < 4.78 is 1.27. The van der Waals surface area contributed by atoms with Gasteiger partial charge in [0, 0.05) is 18.4 Å². The van der Waals surface area contributed by atoms with Crippen LogP contribution in [0.2, 0.25) is 0 Å². The molecule has 0 radical (unpaired) electrons. The van der Waals surface area contributed by atoms with Crippen molar-refractivity contribution in [2.75, 3.05) is 0 Å². The summed E-state index contributed by atoms with van der Waals surface area (Å²) >= 11 is 0. The molecule has 2 aromatic heterocycles. The third-order valence-electron chi connectivity index (χ3n) is 3.11. The summed E-state index contributed by atoms with van der Waals surface area (Å²) in [6.45, 7) is 1.76. The molecule has 0 spiro atoms. The van der Waals surface area contributed by atoms with E-state index in [1.165, 1.54) is 16.8 Å². The van der Waals surface area contributed by atoms with E-state index in [-0.39, 0.29) is 12.0 Å². The summed E-state index contributed by atoms with van der Waals surface area (Å²) in [4.78, 5) is 39.1. The van der Waals surface area contributed by atoms with Crippen LogP contribution < -0.4 is 10.9 Å². The number of fused-ring (bicyclic) bond motifs is 1. The highest BCUT2D eigenvalue weighted by Crippen LogP contribution is 2.01. The van der Waals surface area contributed by atoms with E-state index in [0.717, 1.165) is 0 Å². The Balaban J connectivity index is 2.29. The lowest BCUT2D eigenvalue weighted by Gasteiger charge is -2.14. The van der Waals surface area contributed by atoms with E-state index >= 15 is 0 Å². The summed E-state index contributed by atoms with van der Waals surface area (Å²) in [6.07, 6.45) is 3.00. The Labute approximate surface area is 120 Å². The van der Waals surface area contributed by atoms with Gasteiger partial charge < -0.3 is 10.4 Å². The van der Waals surface area contributed by atoms with Crippen LogP contribution in [0.4, 0.5) is 0 Å². The number of rotatable bonds is 5. The largest absolute Gasteiger partial charge is 0.481 e. The van der Waals surface area contributed by atoms with Crippen LogP contribution in [-0.2, 0) is 4.79 Å². The van der Waals surface area contributed by atoms with Crippen molar-refractivity contribution in [3.63, 3.8) is 0 Å². The second-order valence-corrected chi connectivity index (χ2v) is 4.58. The average Bonchev–Trinajstić information content (AvgIpc) is 2.46. The molecule has 1 unspecified atom stereocenters. The minimum Gasteiger partial charge on any atom is -0.481 e. The standard InChI is InChI=1S/C14H15N3O4/c1-2-9(7-12(18)19)16-13(20)10-8-15-11-5-3-4-6-17(11)14(10)21/h3-6,8-9H,2,7H2,1H3,(H,16,20)(H,18,19). The first kappa shape index (κ1) is 14.7. The van der Waals surface area contributed by atoms with E-state index in [1.807, 2.05) is 0 Å². The highest BCUT2D eigenvalue weighted by molar-refractivity contribution is 5.94. The van der Waals surface area contributed by atoms with Crippen molar-refractivity contribution < 1.29 is 14.7 Å². The van der Waals surface area contributed by atoms with Gasteiger partial charge in [0.15, 0.2) is 0 Å². The fraction of sp³-hybridized carbons (Fsp3) is 0.286. The Kier molecular flexibility index (Phi) is 4.32. The number of pyridine rings is 1. The maximum Gasteiger partial charge on any atom is 0.305 e. The molecule has 2 aromatic rings. The SMILES string of the molecule is CCC(CC(=O)O)NC(=O)c1cnc2ccccn2c1=O. The van der Waals surface area contributed by atoms with Gasteiger partial charge in [-0.05, 0) is 18.6 Å². The van der Waals surface area contributed by atoms with Gasteiger partial charge in [-0.25, -0.2) is 4.98 Å². The summed E-state index contributed by atoms with van der Waals surface area (Å²) in [6, 6.07) is 4.53. The first-order valence-corrected chi connectivity index (χ1v) is 6.52. The van der Waals surface area contributed by atoms with Crippen LogP contribution in [0.15, 0.2) is 35.4 Å². The van der Waals surface area contributed by atoms with Crippen molar-refractivity contribution in [2.24, 2.45) is 0 Å². The smallest absolute Gasteiger partial charge is 0.305 e. The molecule has 0 saturated carbocycles.